The molecule has 2 nitrogen and oxygen atoms in total. The van der Waals surface area contributed by atoms with Gasteiger partial charge in [0.15, 0.2) is 0 Å². The van der Waals surface area contributed by atoms with Gasteiger partial charge < -0.3 is 0 Å². The number of hydrogen-bond donors (Lipinski definition) is 2. The average molecular weight is 404 g/mol. The zero-order valence-electron chi connectivity index (χ0n) is 10.4. The molecule has 102 valence electrons. The Morgan fingerprint density at radius 2 is 1.95 bits per heavy atom. The Balaban J connectivity index is 1.91. The van der Waals surface area contributed by atoms with Gasteiger partial charge in [-0.05, 0) is 68.3 Å². The maximum absolute atomic E-state index is 5.68. The summed E-state index contributed by atoms with van der Waals surface area (Å²) in [5, 5.41) is 0. The summed E-state index contributed by atoms with van der Waals surface area (Å²) in [6, 6.07) is 12.9. The minimum atomic E-state index is 0.195. The van der Waals surface area contributed by atoms with E-state index in [1.807, 2.05) is 6.07 Å². The van der Waals surface area contributed by atoms with E-state index in [4.69, 9.17) is 5.84 Å². The van der Waals surface area contributed by atoms with E-state index in [1.165, 1.54) is 11.1 Å². The van der Waals surface area contributed by atoms with Gasteiger partial charge in [0.05, 0.1) is 7.57 Å². The highest BCUT2D eigenvalue weighted by atomic mass is 79.9. The molecule has 0 saturated carbocycles. The quantitative estimate of drug-likeness (QED) is 0.536. The molecular formula is C14H16Br2N2S. The Hall–Kier alpha value is -0.200. The lowest BCUT2D eigenvalue weighted by Crippen LogP contribution is -2.28. The number of rotatable bonds is 6. The second-order valence-electron chi connectivity index (χ2n) is 4.38. The van der Waals surface area contributed by atoms with Gasteiger partial charge in [-0.1, -0.05) is 30.3 Å². The first kappa shape index (κ1) is 15.2. The van der Waals surface area contributed by atoms with Crippen molar-refractivity contribution in [1.29, 1.82) is 0 Å². The van der Waals surface area contributed by atoms with Crippen LogP contribution in [0, 0.1) is 0 Å². The highest BCUT2D eigenvalue weighted by Gasteiger charge is 2.15. The second-order valence-corrected chi connectivity index (χ2v) is 8.13. The van der Waals surface area contributed by atoms with E-state index in [0.29, 0.717) is 0 Å². The minimum absolute atomic E-state index is 0.195. The third kappa shape index (κ3) is 4.39. The molecule has 1 atom stereocenters. The van der Waals surface area contributed by atoms with Gasteiger partial charge in [-0.3, -0.25) is 11.3 Å². The Bertz CT molecular complexity index is 513. The van der Waals surface area contributed by atoms with E-state index < -0.39 is 0 Å². The van der Waals surface area contributed by atoms with Crippen LogP contribution in [0.3, 0.4) is 0 Å². The van der Waals surface area contributed by atoms with E-state index >= 15 is 0 Å². The van der Waals surface area contributed by atoms with Crippen molar-refractivity contribution >= 4 is 43.2 Å². The van der Waals surface area contributed by atoms with Crippen molar-refractivity contribution in [3.8, 4) is 0 Å². The molecule has 2 rings (SSSR count). The van der Waals surface area contributed by atoms with E-state index in [9.17, 15) is 0 Å². The highest BCUT2D eigenvalue weighted by molar-refractivity contribution is 9.12. The van der Waals surface area contributed by atoms with Crippen LogP contribution in [0.2, 0.25) is 0 Å². The van der Waals surface area contributed by atoms with Crippen LogP contribution in [0.5, 0.6) is 0 Å². The Morgan fingerprint density at radius 3 is 2.53 bits per heavy atom. The first-order chi connectivity index (χ1) is 9.20. The summed E-state index contributed by atoms with van der Waals surface area (Å²) >= 11 is 8.77. The predicted octanol–water partition coefficient (Wildman–Crippen LogP) is 4.80. The van der Waals surface area contributed by atoms with Crippen LogP contribution >= 0.6 is 43.2 Å². The molecule has 0 aliphatic rings. The SMILES string of the molecule is NNC(CCCc1ccccc1)c1cc(Br)sc1Br. The molecule has 0 fully saturated rings. The summed E-state index contributed by atoms with van der Waals surface area (Å²) in [6.07, 6.45) is 3.22. The predicted molar refractivity (Wildman–Crippen MR) is 89.2 cm³/mol. The molecule has 0 spiro atoms. The molecule has 2 aromatic rings. The summed E-state index contributed by atoms with van der Waals surface area (Å²) in [5.41, 5.74) is 5.52. The zero-order chi connectivity index (χ0) is 13.7. The Labute approximate surface area is 134 Å². The van der Waals surface area contributed by atoms with E-state index in [1.54, 1.807) is 11.3 Å². The smallest absolute Gasteiger partial charge is 0.0758 e. The number of hydrazine groups is 1. The Morgan fingerprint density at radius 1 is 1.21 bits per heavy atom. The fourth-order valence-corrected chi connectivity index (χ4v) is 5.05. The molecule has 0 bridgehead atoms. The number of nitrogens with two attached hydrogens (primary N) is 1. The number of benzene rings is 1. The maximum atomic E-state index is 5.68. The first-order valence-electron chi connectivity index (χ1n) is 6.15. The lowest BCUT2D eigenvalue weighted by atomic mass is 10.0. The molecule has 1 unspecified atom stereocenters. The Kier molecular flexibility index (Phi) is 6.04. The fraction of sp³-hybridized carbons (Fsp3) is 0.286. The molecule has 1 aromatic carbocycles. The third-order valence-corrected chi connectivity index (χ3v) is 5.45. The molecule has 3 N–H and O–H groups in total. The van der Waals surface area contributed by atoms with Gasteiger partial charge in [0, 0.05) is 6.04 Å². The molecule has 5 heteroatoms. The maximum Gasteiger partial charge on any atom is 0.0758 e. The molecule has 0 amide bonds. The van der Waals surface area contributed by atoms with Crippen molar-refractivity contribution in [2.24, 2.45) is 5.84 Å². The van der Waals surface area contributed by atoms with Crippen LogP contribution in [0.1, 0.15) is 30.0 Å². The third-order valence-electron chi connectivity index (χ3n) is 3.06. The standard InChI is InChI=1S/C14H16Br2N2S/c15-13-9-11(14(16)19-13)12(18-17)8-4-7-10-5-2-1-3-6-10/h1-3,5-6,9,12,18H,4,7-8,17H2. The van der Waals surface area contributed by atoms with Crippen LogP contribution in [-0.4, -0.2) is 0 Å². The van der Waals surface area contributed by atoms with Crippen LogP contribution in [0.4, 0.5) is 0 Å². The minimum Gasteiger partial charge on any atom is -0.271 e. The van der Waals surface area contributed by atoms with Crippen molar-refractivity contribution in [3.63, 3.8) is 0 Å². The number of thiophene rings is 1. The molecular weight excluding hydrogens is 388 g/mol. The molecule has 0 aliphatic carbocycles. The van der Waals surface area contributed by atoms with Crippen molar-refractivity contribution in [1.82, 2.24) is 5.43 Å². The van der Waals surface area contributed by atoms with Gasteiger partial charge in [0.25, 0.3) is 0 Å². The van der Waals surface area contributed by atoms with Crippen molar-refractivity contribution in [2.45, 2.75) is 25.3 Å². The van der Waals surface area contributed by atoms with Gasteiger partial charge in [-0.15, -0.1) is 11.3 Å². The normalized spacial score (nSPS) is 12.6. The lowest BCUT2D eigenvalue weighted by molar-refractivity contribution is 0.498. The topological polar surface area (TPSA) is 38.0 Å². The number of aryl methyl sites for hydroxylation is 1. The highest BCUT2D eigenvalue weighted by Crippen LogP contribution is 2.36. The number of nitrogens with one attached hydrogen (secondary N) is 1. The fourth-order valence-electron chi connectivity index (χ4n) is 2.07. The average Bonchev–Trinajstić information content (AvgIpc) is 2.75. The van der Waals surface area contributed by atoms with Crippen molar-refractivity contribution < 1.29 is 0 Å². The van der Waals surface area contributed by atoms with Crippen LogP contribution < -0.4 is 11.3 Å². The lowest BCUT2D eigenvalue weighted by Gasteiger charge is -2.15. The van der Waals surface area contributed by atoms with Gasteiger partial charge in [-0.2, -0.15) is 0 Å². The summed E-state index contributed by atoms with van der Waals surface area (Å²) in [6.45, 7) is 0. The van der Waals surface area contributed by atoms with Gasteiger partial charge in [-0.25, -0.2) is 0 Å². The number of halogens is 2. The van der Waals surface area contributed by atoms with E-state index in [2.05, 4.69) is 67.6 Å². The molecule has 1 aromatic heterocycles. The second kappa shape index (κ2) is 7.55. The molecule has 1 heterocycles. The molecule has 19 heavy (non-hydrogen) atoms. The molecule has 0 radical (unpaired) electrons. The van der Waals surface area contributed by atoms with Gasteiger partial charge >= 0.3 is 0 Å². The number of hydrogen-bond acceptors (Lipinski definition) is 3. The van der Waals surface area contributed by atoms with Crippen LogP contribution in [0.15, 0.2) is 44.0 Å². The van der Waals surface area contributed by atoms with Crippen molar-refractivity contribution in [3.05, 3.63) is 55.1 Å². The molecule has 0 saturated heterocycles. The van der Waals surface area contributed by atoms with Crippen LogP contribution in [0.25, 0.3) is 0 Å². The van der Waals surface area contributed by atoms with E-state index in [-0.39, 0.29) is 6.04 Å². The summed E-state index contributed by atoms with van der Waals surface area (Å²) < 4.78 is 2.26. The van der Waals surface area contributed by atoms with E-state index in [0.717, 1.165) is 26.8 Å². The summed E-state index contributed by atoms with van der Waals surface area (Å²) in [5.74, 6) is 5.68. The summed E-state index contributed by atoms with van der Waals surface area (Å²) in [7, 11) is 0. The van der Waals surface area contributed by atoms with Crippen LogP contribution in [-0.2, 0) is 6.42 Å². The zero-order valence-corrected chi connectivity index (χ0v) is 14.4. The monoisotopic (exact) mass is 402 g/mol. The van der Waals surface area contributed by atoms with Crippen molar-refractivity contribution in [2.75, 3.05) is 0 Å². The largest absolute Gasteiger partial charge is 0.271 e. The van der Waals surface area contributed by atoms with Gasteiger partial charge in [0.2, 0.25) is 0 Å². The summed E-state index contributed by atoms with van der Waals surface area (Å²) in [4.78, 5) is 0. The van der Waals surface area contributed by atoms with Gasteiger partial charge in [0.1, 0.15) is 0 Å². The first-order valence-corrected chi connectivity index (χ1v) is 8.55. The molecule has 0 aliphatic heterocycles.